The predicted octanol–water partition coefficient (Wildman–Crippen LogP) is 4.95. The van der Waals surface area contributed by atoms with Crippen molar-refractivity contribution in [1.82, 2.24) is 9.47 Å². The maximum absolute atomic E-state index is 11.2. The first-order chi connectivity index (χ1) is 13.7. The summed E-state index contributed by atoms with van der Waals surface area (Å²) in [5, 5.41) is 11.2. The molecular formula is C23H25N3O2. The summed E-state index contributed by atoms with van der Waals surface area (Å²) in [4.78, 5) is 13.3. The smallest absolute Gasteiger partial charge is 0.269 e. The van der Waals surface area contributed by atoms with Crippen LogP contribution < -0.4 is 0 Å². The normalized spacial score (nSPS) is 17.1. The second-order valence-corrected chi connectivity index (χ2v) is 7.38. The summed E-state index contributed by atoms with van der Waals surface area (Å²) in [5.74, 6) is 0. The molecule has 0 unspecified atom stereocenters. The van der Waals surface area contributed by atoms with E-state index in [2.05, 4.69) is 59.0 Å². The molecule has 3 aromatic rings. The van der Waals surface area contributed by atoms with Gasteiger partial charge in [0.1, 0.15) is 0 Å². The van der Waals surface area contributed by atoms with Crippen molar-refractivity contribution < 1.29 is 4.92 Å². The van der Waals surface area contributed by atoms with E-state index in [1.165, 1.54) is 16.8 Å². The summed E-state index contributed by atoms with van der Waals surface area (Å²) in [7, 11) is 0. The molecule has 2 heterocycles. The maximum Gasteiger partial charge on any atom is 0.269 e. The first kappa shape index (κ1) is 18.4. The fraction of sp³-hybridized carbons (Fsp3) is 0.304. The Kier molecular flexibility index (Phi) is 5.26. The van der Waals surface area contributed by atoms with Crippen molar-refractivity contribution in [2.45, 2.75) is 38.9 Å². The highest BCUT2D eigenvalue weighted by atomic mass is 16.6. The summed E-state index contributed by atoms with van der Waals surface area (Å²) >= 11 is 0. The van der Waals surface area contributed by atoms with E-state index in [4.69, 9.17) is 0 Å². The van der Waals surface area contributed by atoms with Crippen LogP contribution in [-0.4, -0.2) is 20.9 Å². The number of non-ortho nitro benzene ring substituents is 1. The van der Waals surface area contributed by atoms with Crippen LogP contribution in [0.1, 0.15) is 41.8 Å². The lowest BCUT2D eigenvalue weighted by Gasteiger charge is -2.30. The highest BCUT2D eigenvalue weighted by molar-refractivity contribution is 5.36. The van der Waals surface area contributed by atoms with Gasteiger partial charge in [0.25, 0.3) is 5.69 Å². The van der Waals surface area contributed by atoms with Crippen molar-refractivity contribution in [1.29, 1.82) is 0 Å². The van der Waals surface area contributed by atoms with Crippen molar-refractivity contribution >= 4 is 5.69 Å². The standard InChI is InChI=1S/C23H25N3O2/c1-2-18-9-11-20(12-10-18)23-22-8-4-13-24(22)14-5-15-25(23)17-19-6-3-7-21(16-19)26(27)28/h3-4,6-13,16,23H,2,5,14-15,17H2,1H3/t23-/m0/s1. The van der Waals surface area contributed by atoms with Crippen LogP contribution in [0.5, 0.6) is 0 Å². The number of rotatable bonds is 5. The molecule has 0 fully saturated rings. The van der Waals surface area contributed by atoms with Gasteiger partial charge in [-0.15, -0.1) is 0 Å². The lowest BCUT2D eigenvalue weighted by molar-refractivity contribution is -0.384. The van der Waals surface area contributed by atoms with Crippen LogP contribution in [-0.2, 0) is 19.5 Å². The van der Waals surface area contributed by atoms with E-state index < -0.39 is 0 Å². The first-order valence-corrected chi connectivity index (χ1v) is 9.87. The summed E-state index contributed by atoms with van der Waals surface area (Å²) in [5.41, 5.74) is 5.01. The Bertz CT molecular complexity index is 962. The van der Waals surface area contributed by atoms with Gasteiger partial charge >= 0.3 is 0 Å². The van der Waals surface area contributed by atoms with Crippen LogP contribution in [0.25, 0.3) is 0 Å². The van der Waals surface area contributed by atoms with Crippen molar-refractivity contribution in [3.8, 4) is 0 Å². The summed E-state index contributed by atoms with van der Waals surface area (Å²) in [6, 6.07) is 20.3. The Morgan fingerprint density at radius 1 is 1.04 bits per heavy atom. The summed E-state index contributed by atoms with van der Waals surface area (Å²) in [6.07, 6.45) is 4.23. The Morgan fingerprint density at radius 3 is 2.61 bits per heavy atom. The molecule has 1 aromatic heterocycles. The minimum atomic E-state index is -0.321. The molecule has 5 nitrogen and oxygen atoms in total. The number of aryl methyl sites for hydroxylation is 2. The van der Waals surface area contributed by atoms with Gasteiger partial charge in [0.2, 0.25) is 0 Å². The first-order valence-electron chi connectivity index (χ1n) is 9.87. The fourth-order valence-electron chi connectivity index (χ4n) is 4.13. The minimum absolute atomic E-state index is 0.141. The molecule has 0 N–H and O–H groups in total. The fourth-order valence-corrected chi connectivity index (χ4v) is 4.13. The third kappa shape index (κ3) is 3.71. The number of hydrogen-bond acceptors (Lipinski definition) is 3. The van der Waals surface area contributed by atoms with Gasteiger partial charge in [-0.25, -0.2) is 0 Å². The molecule has 1 aliphatic rings. The quantitative estimate of drug-likeness (QED) is 0.468. The predicted molar refractivity (Wildman–Crippen MR) is 110 cm³/mol. The molecule has 0 saturated heterocycles. The van der Waals surface area contributed by atoms with E-state index in [1.807, 2.05) is 6.07 Å². The molecule has 5 heteroatoms. The van der Waals surface area contributed by atoms with Gasteiger partial charge in [-0.05, 0) is 41.7 Å². The minimum Gasteiger partial charge on any atom is -0.350 e. The monoisotopic (exact) mass is 375 g/mol. The summed E-state index contributed by atoms with van der Waals surface area (Å²) < 4.78 is 2.34. The van der Waals surface area contributed by atoms with Crippen LogP contribution in [0.3, 0.4) is 0 Å². The average Bonchev–Trinajstić information content (AvgIpc) is 3.10. The van der Waals surface area contributed by atoms with Gasteiger partial charge in [0, 0.05) is 43.7 Å². The molecule has 0 aliphatic carbocycles. The topological polar surface area (TPSA) is 51.3 Å². The molecule has 4 rings (SSSR count). The highest BCUT2D eigenvalue weighted by Gasteiger charge is 2.27. The average molecular weight is 375 g/mol. The summed E-state index contributed by atoms with van der Waals surface area (Å²) in [6.45, 7) is 4.80. The molecule has 2 aromatic carbocycles. The van der Waals surface area contributed by atoms with Crippen LogP contribution in [0.4, 0.5) is 5.69 Å². The highest BCUT2D eigenvalue weighted by Crippen LogP contribution is 2.33. The molecule has 0 spiro atoms. The molecule has 0 bridgehead atoms. The van der Waals surface area contributed by atoms with Crippen LogP contribution in [0.15, 0.2) is 66.9 Å². The van der Waals surface area contributed by atoms with E-state index in [-0.39, 0.29) is 16.7 Å². The van der Waals surface area contributed by atoms with Crippen molar-refractivity contribution in [3.05, 3.63) is 99.4 Å². The molecular weight excluding hydrogens is 350 g/mol. The zero-order valence-corrected chi connectivity index (χ0v) is 16.1. The lowest BCUT2D eigenvalue weighted by atomic mass is 9.99. The third-order valence-electron chi connectivity index (χ3n) is 5.57. The number of fused-ring (bicyclic) bond motifs is 1. The molecule has 0 radical (unpaired) electrons. The third-order valence-corrected chi connectivity index (χ3v) is 5.57. The van der Waals surface area contributed by atoms with Gasteiger partial charge in [0.05, 0.1) is 11.0 Å². The van der Waals surface area contributed by atoms with Gasteiger partial charge in [-0.3, -0.25) is 15.0 Å². The Balaban J connectivity index is 1.71. The Hall–Kier alpha value is -2.92. The number of hydrogen-bond donors (Lipinski definition) is 0. The van der Waals surface area contributed by atoms with Gasteiger partial charge in [0.15, 0.2) is 0 Å². The maximum atomic E-state index is 11.2. The Morgan fingerprint density at radius 2 is 1.86 bits per heavy atom. The molecule has 1 atom stereocenters. The number of nitrogens with zero attached hydrogens (tertiary/aromatic N) is 3. The van der Waals surface area contributed by atoms with E-state index in [0.717, 1.165) is 31.5 Å². The molecule has 1 aliphatic heterocycles. The number of benzene rings is 2. The molecule has 144 valence electrons. The molecule has 0 amide bonds. The Labute approximate surface area is 165 Å². The van der Waals surface area contributed by atoms with Crippen molar-refractivity contribution in [2.75, 3.05) is 6.54 Å². The number of aromatic nitrogens is 1. The van der Waals surface area contributed by atoms with Gasteiger partial charge in [-0.1, -0.05) is 43.3 Å². The molecule has 28 heavy (non-hydrogen) atoms. The second-order valence-electron chi connectivity index (χ2n) is 7.38. The van der Waals surface area contributed by atoms with Crippen LogP contribution >= 0.6 is 0 Å². The van der Waals surface area contributed by atoms with E-state index in [9.17, 15) is 10.1 Å². The van der Waals surface area contributed by atoms with E-state index in [1.54, 1.807) is 18.2 Å². The number of nitro benzene ring substituents is 1. The van der Waals surface area contributed by atoms with Gasteiger partial charge in [-0.2, -0.15) is 0 Å². The SMILES string of the molecule is CCc1ccc([C@H]2c3cccn3CCCN2Cc2cccc([N+](=O)[O-])c2)cc1. The van der Waals surface area contributed by atoms with Crippen LogP contribution in [0, 0.1) is 10.1 Å². The largest absolute Gasteiger partial charge is 0.350 e. The molecule has 0 saturated carbocycles. The zero-order chi connectivity index (χ0) is 19.5. The van der Waals surface area contributed by atoms with Crippen molar-refractivity contribution in [3.63, 3.8) is 0 Å². The van der Waals surface area contributed by atoms with Crippen LogP contribution in [0.2, 0.25) is 0 Å². The van der Waals surface area contributed by atoms with Crippen molar-refractivity contribution in [2.24, 2.45) is 0 Å². The second kappa shape index (κ2) is 7.98. The number of nitro groups is 1. The van der Waals surface area contributed by atoms with Gasteiger partial charge < -0.3 is 4.57 Å². The lowest BCUT2D eigenvalue weighted by Crippen LogP contribution is -2.29. The van der Waals surface area contributed by atoms with E-state index >= 15 is 0 Å². The van der Waals surface area contributed by atoms with E-state index in [0.29, 0.717) is 6.54 Å². The zero-order valence-electron chi connectivity index (χ0n) is 16.1.